The maximum Gasteiger partial charge on any atom is 0.250 e. The molecule has 0 spiro atoms. The molecule has 0 radical (unpaired) electrons. The largest absolute Gasteiger partial charge is 0.364 e. The molecule has 0 aromatic carbocycles. The molecule has 0 saturated heterocycles. The van der Waals surface area contributed by atoms with Gasteiger partial charge in [-0.25, -0.2) is 8.78 Å². The molecule has 0 aliphatic heterocycles. The van der Waals surface area contributed by atoms with Crippen LogP contribution in [0.2, 0.25) is 0 Å². The van der Waals surface area contributed by atoms with Crippen molar-refractivity contribution in [1.82, 2.24) is 5.16 Å². The van der Waals surface area contributed by atoms with Crippen LogP contribution in [0.3, 0.4) is 0 Å². The van der Waals surface area contributed by atoms with Crippen LogP contribution in [0.15, 0.2) is 16.9 Å². The molecule has 1 aromatic heterocycles. The van der Waals surface area contributed by atoms with E-state index in [9.17, 15) is 8.78 Å². The van der Waals surface area contributed by atoms with Gasteiger partial charge < -0.3 is 10.3 Å². The van der Waals surface area contributed by atoms with Crippen LogP contribution in [0.5, 0.6) is 0 Å². The van der Waals surface area contributed by atoms with Gasteiger partial charge in [0.2, 0.25) is 5.92 Å². The highest BCUT2D eigenvalue weighted by Crippen LogP contribution is 2.52. The van der Waals surface area contributed by atoms with E-state index in [-0.39, 0.29) is 19.4 Å². The molecule has 1 aliphatic carbocycles. The quantitative estimate of drug-likeness (QED) is 0.761. The van der Waals surface area contributed by atoms with Gasteiger partial charge in [-0.1, -0.05) is 5.16 Å². The van der Waals surface area contributed by atoms with E-state index in [4.69, 9.17) is 5.73 Å². The van der Waals surface area contributed by atoms with Gasteiger partial charge in [-0.05, 0) is 0 Å². The fraction of sp³-hybridized carbons (Fsp3) is 0.625. The van der Waals surface area contributed by atoms with Gasteiger partial charge in [0.1, 0.15) is 6.26 Å². The van der Waals surface area contributed by atoms with Crippen LogP contribution in [-0.4, -0.2) is 17.6 Å². The fourth-order valence-electron chi connectivity index (χ4n) is 1.85. The molecule has 13 heavy (non-hydrogen) atoms. The smallest absolute Gasteiger partial charge is 0.250 e. The summed E-state index contributed by atoms with van der Waals surface area (Å²) in [6, 6.07) is 1.60. The number of halogens is 2. The second-order valence-corrected chi connectivity index (χ2v) is 3.58. The molecule has 1 aromatic rings. The first-order valence-electron chi connectivity index (χ1n) is 4.07. The minimum absolute atomic E-state index is 0.190. The zero-order valence-electron chi connectivity index (χ0n) is 6.96. The fourth-order valence-corrected chi connectivity index (χ4v) is 1.85. The predicted molar refractivity (Wildman–Crippen MR) is 41.4 cm³/mol. The molecule has 0 bridgehead atoms. The minimum Gasteiger partial charge on any atom is -0.364 e. The number of nitrogens with two attached hydrogens (primary N) is 1. The molecule has 1 aliphatic rings. The van der Waals surface area contributed by atoms with Crippen molar-refractivity contribution in [3.63, 3.8) is 0 Å². The second-order valence-electron chi connectivity index (χ2n) is 3.58. The first-order valence-corrected chi connectivity index (χ1v) is 4.07. The van der Waals surface area contributed by atoms with E-state index in [0.29, 0.717) is 5.69 Å². The predicted octanol–water partition coefficient (Wildman–Crippen LogP) is 1.30. The zero-order chi connectivity index (χ0) is 9.53. The summed E-state index contributed by atoms with van der Waals surface area (Å²) >= 11 is 0. The lowest BCUT2D eigenvalue weighted by molar-refractivity contribution is -0.125. The van der Waals surface area contributed by atoms with Gasteiger partial charge in [-0.3, -0.25) is 0 Å². The highest BCUT2D eigenvalue weighted by molar-refractivity contribution is 5.22. The zero-order valence-corrected chi connectivity index (χ0v) is 6.96. The topological polar surface area (TPSA) is 52.0 Å². The summed E-state index contributed by atoms with van der Waals surface area (Å²) in [5, 5.41) is 3.66. The molecule has 0 amide bonds. The van der Waals surface area contributed by atoms with Crippen LogP contribution in [-0.2, 0) is 5.41 Å². The molecule has 2 N–H and O–H groups in total. The number of aromatic nitrogens is 1. The second kappa shape index (κ2) is 2.51. The highest BCUT2D eigenvalue weighted by atomic mass is 19.3. The van der Waals surface area contributed by atoms with E-state index < -0.39 is 11.3 Å². The number of nitrogens with zero attached hydrogens (tertiary/aromatic N) is 1. The van der Waals surface area contributed by atoms with Crippen LogP contribution in [0.1, 0.15) is 18.5 Å². The Morgan fingerprint density at radius 3 is 2.62 bits per heavy atom. The number of hydrogen-bond donors (Lipinski definition) is 1. The van der Waals surface area contributed by atoms with Crippen molar-refractivity contribution >= 4 is 0 Å². The lowest BCUT2D eigenvalue weighted by Gasteiger charge is -2.45. The monoisotopic (exact) mass is 188 g/mol. The minimum atomic E-state index is -2.58. The average Bonchev–Trinajstić information content (AvgIpc) is 2.51. The molecule has 0 atom stereocenters. The summed E-state index contributed by atoms with van der Waals surface area (Å²) < 4.78 is 30.0. The summed E-state index contributed by atoms with van der Waals surface area (Å²) in [4.78, 5) is 0. The number of rotatable bonds is 2. The lowest BCUT2D eigenvalue weighted by atomic mass is 9.64. The Kier molecular flexibility index (Phi) is 1.66. The number of hydrogen-bond acceptors (Lipinski definition) is 3. The van der Waals surface area contributed by atoms with Gasteiger partial charge >= 0.3 is 0 Å². The van der Waals surface area contributed by atoms with E-state index in [0.717, 1.165) is 0 Å². The Morgan fingerprint density at radius 1 is 1.54 bits per heavy atom. The average molecular weight is 188 g/mol. The summed E-state index contributed by atoms with van der Waals surface area (Å²) in [5.74, 6) is -2.58. The maximum atomic E-state index is 12.7. The van der Waals surface area contributed by atoms with Crippen LogP contribution >= 0.6 is 0 Å². The molecule has 1 heterocycles. The molecular formula is C8H10F2N2O. The summed E-state index contributed by atoms with van der Waals surface area (Å²) in [6.45, 7) is 0.190. The summed E-state index contributed by atoms with van der Waals surface area (Å²) in [5.41, 5.74) is 5.35. The van der Waals surface area contributed by atoms with Crippen LogP contribution < -0.4 is 5.73 Å². The molecule has 3 nitrogen and oxygen atoms in total. The van der Waals surface area contributed by atoms with Crippen LogP contribution in [0.25, 0.3) is 0 Å². The Labute approximate surface area is 73.9 Å². The molecule has 5 heteroatoms. The van der Waals surface area contributed by atoms with Crippen molar-refractivity contribution in [3.8, 4) is 0 Å². The Morgan fingerprint density at radius 2 is 2.23 bits per heavy atom. The van der Waals surface area contributed by atoms with E-state index in [1.807, 2.05) is 0 Å². The van der Waals surface area contributed by atoms with Crippen LogP contribution in [0.4, 0.5) is 8.78 Å². The van der Waals surface area contributed by atoms with Gasteiger partial charge in [0.25, 0.3) is 0 Å². The van der Waals surface area contributed by atoms with E-state index in [1.165, 1.54) is 6.26 Å². The first-order chi connectivity index (χ1) is 6.08. The Bertz CT molecular complexity index is 289. The standard InChI is InChI=1S/C8H10F2N2O/c9-8(10)3-7(4-8,5-11)6-1-2-13-12-6/h1-2H,3-5,11H2. The van der Waals surface area contributed by atoms with Crippen LogP contribution in [0, 0.1) is 0 Å². The van der Waals surface area contributed by atoms with Gasteiger partial charge in [-0.2, -0.15) is 0 Å². The third-order valence-electron chi connectivity index (χ3n) is 2.57. The summed E-state index contributed by atoms with van der Waals surface area (Å²) in [6.07, 6.45) is 0.940. The van der Waals surface area contributed by atoms with E-state index in [1.54, 1.807) is 6.07 Å². The molecular weight excluding hydrogens is 178 g/mol. The molecule has 1 saturated carbocycles. The molecule has 2 rings (SSSR count). The van der Waals surface area contributed by atoms with Crippen molar-refractivity contribution in [2.45, 2.75) is 24.2 Å². The SMILES string of the molecule is NCC1(c2ccon2)CC(F)(F)C1. The molecule has 0 unspecified atom stereocenters. The molecule has 1 fully saturated rings. The van der Waals surface area contributed by atoms with Crippen molar-refractivity contribution < 1.29 is 13.3 Å². The van der Waals surface area contributed by atoms with E-state index >= 15 is 0 Å². The Balaban J connectivity index is 2.21. The van der Waals surface area contributed by atoms with Crippen molar-refractivity contribution in [2.24, 2.45) is 5.73 Å². The first kappa shape index (κ1) is 8.62. The van der Waals surface area contributed by atoms with Gasteiger partial charge in [0.15, 0.2) is 0 Å². The van der Waals surface area contributed by atoms with Gasteiger partial charge in [0.05, 0.1) is 5.69 Å². The highest BCUT2D eigenvalue weighted by Gasteiger charge is 2.57. The van der Waals surface area contributed by atoms with Crippen molar-refractivity contribution in [2.75, 3.05) is 6.54 Å². The van der Waals surface area contributed by atoms with Crippen molar-refractivity contribution in [3.05, 3.63) is 18.0 Å². The lowest BCUT2D eigenvalue weighted by Crippen LogP contribution is -2.53. The van der Waals surface area contributed by atoms with E-state index in [2.05, 4.69) is 9.68 Å². The molecule has 72 valence electrons. The normalized spacial score (nSPS) is 23.9. The Hall–Kier alpha value is -0.970. The third-order valence-corrected chi connectivity index (χ3v) is 2.57. The number of alkyl halides is 2. The van der Waals surface area contributed by atoms with Crippen molar-refractivity contribution in [1.29, 1.82) is 0 Å². The van der Waals surface area contributed by atoms with Gasteiger partial charge in [-0.15, -0.1) is 0 Å². The van der Waals surface area contributed by atoms with Gasteiger partial charge in [0, 0.05) is 30.9 Å². The third kappa shape index (κ3) is 1.23. The maximum absolute atomic E-state index is 12.7. The summed E-state index contributed by atoms with van der Waals surface area (Å²) in [7, 11) is 0.